The summed E-state index contributed by atoms with van der Waals surface area (Å²) in [5.41, 5.74) is 0.935. The third-order valence-corrected chi connectivity index (χ3v) is 3.48. The van der Waals surface area contributed by atoms with E-state index in [9.17, 15) is 4.79 Å². The van der Waals surface area contributed by atoms with Crippen LogP contribution in [0.25, 0.3) is 10.8 Å². The lowest BCUT2D eigenvalue weighted by Gasteiger charge is -2.09. The van der Waals surface area contributed by atoms with Gasteiger partial charge in [-0.2, -0.15) is 5.10 Å². The van der Waals surface area contributed by atoms with Crippen LogP contribution in [0, 0.1) is 6.92 Å². The van der Waals surface area contributed by atoms with Crippen LogP contribution in [0.3, 0.4) is 0 Å². The van der Waals surface area contributed by atoms with Crippen LogP contribution in [0.15, 0.2) is 24.3 Å². The number of hydrogen-bond acceptors (Lipinski definition) is 4. The first kappa shape index (κ1) is 15.2. The van der Waals surface area contributed by atoms with E-state index in [1.165, 1.54) is 0 Å². The number of aromatic nitrogens is 2. The van der Waals surface area contributed by atoms with E-state index in [0.717, 1.165) is 54.5 Å². The van der Waals surface area contributed by atoms with E-state index in [2.05, 4.69) is 21.6 Å². The smallest absolute Gasteiger partial charge is 0.303 e. The maximum atomic E-state index is 10.4. The van der Waals surface area contributed by atoms with Gasteiger partial charge in [0.25, 0.3) is 0 Å². The van der Waals surface area contributed by atoms with Crippen LogP contribution in [0.5, 0.6) is 0 Å². The molecule has 5 nitrogen and oxygen atoms in total. The van der Waals surface area contributed by atoms with Gasteiger partial charge in [-0.05, 0) is 19.8 Å². The highest BCUT2D eigenvalue weighted by atomic mass is 16.4. The van der Waals surface area contributed by atoms with Crippen LogP contribution in [-0.4, -0.2) is 27.8 Å². The zero-order chi connectivity index (χ0) is 15.1. The van der Waals surface area contributed by atoms with Crippen molar-refractivity contribution in [2.75, 3.05) is 11.9 Å². The van der Waals surface area contributed by atoms with Crippen LogP contribution in [-0.2, 0) is 4.79 Å². The maximum Gasteiger partial charge on any atom is 0.303 e. The highest BCUT2D eigenvalue weighted by Gasteiger charge is 2.05. The Bertz CT molecular complexity index is 613. The minimum atomic E-state index is -0.713. The van der Waals surface area contributed by atoms with Crippen molar-refractivity contribution in [3.8, 4) is 0 Å². The van der Waals surface area contributed by atoms with Gasteiger partial charge in [0.1, 0.15) is 0 Å². The van der Waals surface area contributed by atoms with Gasteiger partial charge < -0.3 is 10.4 Å². The first-order valence-electron chi connectivity index (χ1n) is 7.36. The molecule has 0 unspecified atom stereocenters. The van der Waals surface area contributed by atoms with Gasteiger partial charge in [0.15, 0.2) is 5.82 Å². The zero-order valence-corrected chi connectivity index (χ0v) is 12.3. The molecule has 0 amide bonds. The summed E-state index contributed by atoms with van der Waals surface area (Å²) >= 11 is 0. The molecule has 1 aromatic carbocycles. The minimum Gasteiger partial charge on any atom is -0.481 e. The molecular weight excluding hydrogens is 266 g/mol. The van der Waals surface area contributed by atoms with Gasteiger partial charge in [0, 0.05) is 23.7 Å². The number of carboxylic acids is 1. The summed E-state index contributed by atoms with van der Waals surface area (Å²) in [5, 5.41) is 22.5. The number of carboxylic acid groups (broad SMARTS) is 1. The molecule has 112 valence electrons. The van der Waals surface area contributed by atoms with Gasteiger partial charge in [0.05, 0.1) is 5.69 Å². The number of unbranched alkanes of at least 4 members (excludes halogenated alkanes) is 3. The van der Waals surface area contributed by atoms with Crippen LogP contribution >= 0.6 is 0 Å². The summed E-state index contributed by atoms with van der Waals surface area (Å²) in [4.78, 5) is 10.4. The molecule has 5 heteroatoms. The number of fused-ring (bicyclic) bond motifs is 1. The second-order valence-corrected chi connectivity index (χ2v) is 5.16. The number of rotatable bonds is 8. The van der Waals surface area contributed by atoms with Crippen molar-refractivity contribution in [1.29, 1.82) is 0 Å². The molecule has 0 saturated carbocycles. The Labute approximate surface area is 124 Å². The molecule has 1 heterocycles. The minimum absolute atomic E-state index is 0.265. The number of carbonyl (C=O) groups is 1. The molecular formula is C16H21N3O2. The van der Waals surface area contributed by atoms with Crippen molar-refractivity contribution < 1.29 is 9.90 Å². The zero-order valence-electron chi connectivity index (χ0n) is 12.3. The van der Waals surface area contributed by atoms with E-state index in [0.29, 0.717) is 0 Å². The predicted molar refractivity (Wildman–Crippen MR) is 83.5 cm³/mol. The van der Waals surface area contributed by atoms with E-state index in [-0.39, 0.29) is 6.42 Å². The van der Waals surface area contributed by atoms with E-state index in [1.807, 2.05) is 25.1 Å². The average molecular weight is 287 g/mol. The number of aryl methyl sites for hydroxylation is 1. The third kappa shape index (κ3) is 4.41. The second kappa shape index (κ2) is 7.57. The third-order valence-electron chi connectivity index (χ3n) is 3.48. The van der Waals surface area contributed by atoms with Crippen LogP contribution in [0.4, 0.5) is 5.82 Å². The highest BCUT2D eigenvalue weighted by molar-refractivity contribution is 5.92. The fourth-order valence-electron chi connectivity index (χ4n) is 2.33. The van der Waals surface area contributed by atoms with Crippen LogP contribution in [0.1, 0.15) is 37.8 Å². The van der Waals surface area contributed by atoms with Crippen molar-refractivity contribution in [2.45, 2.75) is 39.0 Å². The molecule has 0 spiro atoms. The van der Waals surface area contributed by atoms with E-state index in [1.54, 1.807) is 0 Å². The van der Waals surface area contributed by atoms with Crippen molar-refractivity contribution in [3.05, 3.63) is 30.0 Å². The summed E-state index contributed by atoms with van der Waals surface area (Å²) in [7, 11) is 0. The van der Waals surface area contributed by atoms with Gasteiger partial charge in [-0.3, -0.25) is 4.79 Å². The molecule has 21 heavy (non-hydrogen) atoms. The van der Waals surface area contributed by atoms with Gasteiger partial charge in [0.2, 0.25) is 0 Å². The van der Waals surface area contributed by atoms with Crippen molar-refractivity contribution in [1.82, 2.24) is 10.2 Å². The Balaban J connectivity index is 1.81. The topological polar surface area (TPSA) is 75.1 Å². The SMILES string of the molecule is Cc1nnc(NCCCCCCC(=O)O)c2ccccc12. The Hall–Kier alpha value is -2.17. The number of benzene rings is 1. The van der Waals surface area contributed by atoms with Crippen molar-refractivity contribution >= 4 is 22.6 Å². The second-order valence-electron chi connectivity index (χ2n) is 5.16. The molecule has 0 aliphatic heterocycles. The summed E-state index contributed by atoms with van der Waals surface area (Å²) in [6.45, 7) is 2.79. The van der Waals surface area contributed by atoms with Gasteiger partial charge in [-0.1, -0.05) is 37.1 Å². The quantitative estimate of drug-likeness (QED) is 0.728. The number of nitrogens with zero attached hydrogens (tertiary/aromatic N) is 2. The summed E-state index contributed by atoms with van der Waals surface area (Å²) in [6, 6.07) is 8.10. The molecule has 1 aromatic heterocycles. The molecule has 2 N–H and O–H groups in total. The van der Waals surface area contributed by atoms with E-state index < -0.39 is 5.97 Å². The first-order valence-corrected chi connectivity index (χ1v) is 7.36. The van der Waals surface area contributed by atoms with Gasteiger partial charge in [-0.25, -0.2) is 0 Å². The van der Waals surface area contributed by atoms with Crippen LogP contribution in [0.2, 0.25) is 0 Å². The number of anilines is 1. The molecule has 0 aliphatic carbocycles. The molecule has 0 fully saturated rings. The normalized spacial score (nSPS) is 10.7. The molecule has 2 rings (SSSR count). The average Bonchev–Trinajstić information content (AvgIpc) is 2.48. The van der Waals surface area contributed by atoms with Gasteiger partial charge >= 0.3 is 5.97 Å². The Morgan fingerprint density at radius 2 is 1.81 bits per heavy atom. The lowest BCUT2D eigenvalue weighted by atomic mass is 10.1. The maximum absolute atomic E-state index is 10.4. The molecule has 0 saturated heterocycles. The van der Waals surface area contributed by atoms with E-state index >= 15 is 0 Å². The number of aliphatic carboxylic acids is 1. The summed E-state index contributed by atoms with van der Waals surface area (Å²) in [6.07, 6.45) is 4.00. The van der Waals surface area contributed by atoms with Crippen LogP contribution < -0.4 is 5.32 Å². The Kier molecular flexibility index (Phi) is 5.49. The Morgan fingerprint density at radius 3 is 2.57 bits per heavy atom. The first-order chi connectivity index (χ1) is 10.2. The number of hydrogen-bond donors (Lipinski definition) is 2. The molecule has 0 radical (unpaired) electrons. The lowest BCUT2D eigenvalue weighted by molar-refractivity contribution is -0.137. The van der Waals surface area contributed by atoms with Crippen molar-refractivity contribution in [3.63, 3.8) is 0 Å². The summed E-state index contributed by atoms with van der Waals surface area (Å²) < 4.78 is 0. The monoisotopic (exact) mass is 287 g/mol. The standard InChI is InChI=1S/C16H21N3O2/c1-12-13-8-5-6-9-14(13)16(19-18-12)17-11-7-3-2-4-10-15(20)21/h5-6,8-9H,2-4,7,10-11H2,1H3,(H,17,19)(H,20,21). The lowest BCUT2D eigenvalue weighted by Crippen LogP contribution is -2.06. The Morgan fingerprint density at radius 1 is 1.10 bits per heavy atom. The van der Waals surface area contributed by atoms with Crippen molar-refractivity contribution in [2.24, 2.45) is 0 Å². The fourth-order valence-corrected chi connectivity index (χ4v) is 2.33. The van der Waals surface area contributed by atoms with E-state index in [4.69, 9.17) is 5.11 Å². The fraction of sp³-hybridized carbons (Fsp3) is 0.438. The molecule has 0 bridgehead atoms. The largest absolute Gasteiger partial charge is 0.481 e. The number of nitrogens with one attached hydrogen (secondary N) is 1. The predicted octanol–water partition coefficient (Wildman–Crippen LogP) is 3.39. The molecule has 2 aromatic rings. The summed E-state index contributed by atoms with van der Waals surface area (Å²) in [5.74, 6) is 0.108. The highest BCUT2D eigenvalue weighted by Crippen LogP contribution is 2.22. The molecule has 0 atom stereocenters. The molecule has 0 aliphatic rings. The van der Waals surface area contributed by atoms with Gasteiger partial charge in [-0.15, -0.1) is 5.10 Å².